The largest absolute Gasteiger partial charge is 0.376 e. The monoisotopic (exact) mass is 383 g/mol. The van der Waals surface area contributed by atoms with Crippen LogP contribution in [-0.2, 0) is 11.3 Å². The van der Waals surface area contributed by atoms with Gasteiger partial charge in [0, 0.05) is 29.9 Å². The first-order chi connectivity index (χ1) is 13.5. The number of nitrogens with zero attached hydrogens (tertiary/aromatic N) is 5. The zero-order chi connectivity index (χ0) is 20.1. The Morgan fingerprint density at radius 2 is 2.11 bits per heavy atom. The number of aliphatic hydroxyl groups is 1. The summed E-state index contributed by atoms with van der Waals surface area (Å²) in [6, 6.07) is 6.73. The van der Waals surface area contributed by atoms with Gasteiger partial charge in [-0.2, -0.15) is 5.10 Å². The molecule has 0 aliphatic heterocycles. The maximum absolute atomic E-state index is 12.6. The number of aliphatic hydroxyl groups excluding tert-OH is 1. The van der Waals surface area contributed by atoms with E-state index in [0.29, 0.717) is 23.6 Å². The van der Waals surface area contributed by atoms with Crippen LogP contribution in [0.1, 0.15) is 23.8 Å². The summed E-state index contributed by atoms with van der Waals surface area (Å²) >= 11 is 0. The van der Waals surface area contributed by atoms with Gasteiger partial charge in [-0.1, -0.05) is 6.92 Å². The Morgan fingerprint density at radius 1 is 1.29 bits per heavy atom. The van der Waals surface area contributed by atoms with Gasteiger partial charge in [0.15, 0.2) is 0 Å². The van der Waals surface area contributed by atoms with E-state index >= 15 is 0 Å². The highest BCUT2D eigenvalue weighted by Crippen LogP contribution is 2.19. The van der Waals surface area contributed by atoms with Crippen LogP contribution in [0, 0.1) is 0 Å². The molecule has 10 heteroatoms. The highest BCUT2D eigenvalue weighted by atomic mass is 16.3. The lowest BCUT2D eigenvalue weighted by molar-refractivity contribution is -0.118. The Morgan fingerprint density at radius 3 is 2.82 bits per heavy atom. The van der Waals surface area contributed by atoms with Gasteiger partial charge in [-0.15, -0.1) is 0 Å². The molecule has 2 amide bonds. The van der Waals surface area contributed by atoms with E-state index in [0.717, 1.165) is 11.8 Å². The van der Waals surface area contributed by atoms with Gasteiger partial charge in [0.1, 0.15) is 31.1 Å². The minimum atomic E-state index is -0.485. The summed E-state index contributed by atoms with van der Waals surface area (Å²) in [4.78, 5) is 33.4. The summed E-state index contributed by atoms with van der Waals surface area (Å²) in [6.07, 6.45) is 3.80. The van der Waals surface area contributed by atoms with Gasteiger partial charge in [0.2, 0.25) is 5.91 Å². The number of aromatic nitrogens is 4. The van der Waals surface area contributed by atoms with Gasteiger partial charge in [0.05, 0.1) is 5.52 Å². The number of fused-ring (bicyclic) bond motifs is 1. The third kappa shape index (κ3) is 4.41. The molecule has 3 aromatic rings. The SMILES string of the molecule is CCCN(CO)c1cc(C(=O)Nc2ccc3nn(CC(N)=O)cc3c2)ncn1. The van der Waals surface area contributed by atoms with Gasteiger partial charge < -0.3 is 21.1 Å². The molecule has 0 saturated heterocycles. The van der Waals surface area contributed by atoms with Crippen molar-refractivity contribution in [3.63, 3.8) is 0 Å². The van der Waals surface area contributed by atoms with Gasteiger partial charge in [-0.3, -0.25) is 14.3 Å². The molecule has 0 bridgehead atoms. The molecule has 28 heavy (non-hydrogen) atoms. The minimum Gasteiger partial charge on any atom is -0.376 e. The number of benzene rings is 1. The number of hydrogen-bond acceptors (Lipinski definition) is 7. The summed E-state index contributed by atoms with van der Waals surface area (Å²) < 4.78 is 1.45. The van der Waals surface area contributed by atoms with Crippen LogP contribution in [0.3, 0.4) is 0 Å². The fraction of sp³-hybridized carbons (Fsp3) is 0.278. The first-order valence-electron chi connectivity index (χ1n) is 8.75. The predicted octanol–water partition coefficient (Wildman–Crippen LogP) is 0.730. The number of nitrogens with one attached hydrogen (secondary N) is 1. The number of anilines is 2. The normalized spacial score (nSPS) is 10.8. The second-order valence-corrected chi connectivity index (χ2v) is 6.19. The Balaban J connectivity index is 1.78. The van der Waals surface area contributed by atoms with Crippen LogP contribution in [0.25, 0.3) is 10.9 Å². The molecule has 0 saturated carbocycles. The summed E-state index contributed by atoms with van der Waals surface area (Å²) in [7, 11) is 0. The third-order valence-corrected chi connectivity index (χ3v) is 4.00. The number of primary amides is 1. The van der Waals surface area contributed by atoms with Gasteiger partial charge in [0.25, 0.3) is 5.91 Å². The quantitative estimate of drug-likeness (QED) is 0.487. The molecule has 0 fully saturated rings. The Labute approximate surface area is 161 Å². The molecular formula is C18H21N7O3. The molecule has 0 spiro atoms. The molecule has 0 radical (unpaired) electrons. The number of hydrogen-bond donors (Lipinski definition) is 3. The van der Waals surface area contributed by atoms with E-state index in [-0.39, 0.29) is 19.0 Å². The predicted molar refractivity (Wildman–Crippen MR) is 104 cm³/mol. The van der Waals surface area contributed by atoms with E-state index in [1.54, 1.807) is 29.3 Å². The molecule has 0 aliphatic rings. The van der Waals surface area contributed by atoms with Crippen molar-refractivity contribution in [2.75, 3.05) is 23.5 Å². The van der Waals surface area contributed by atoms with E-state index in [1.165, 1.54) is 17.1 Å². The van der Waals surface area contributed by atoms with E-state index in [9.17, 15) is 14.7 Å². The average molecular weight is 383 g/mol. The van der Waals surface area contributed by atoms with Gasteiger partial charge >= 0.3 is 0 Å². The highest BCUT2D eigenvalue weighted by Gasteiger charge is 2.13. The maximum Gasteiger partial charge on any atom is 0.274 e. The Hall–Kier alpha value is -3.53. The van der Waals surface area contributed by atoms with Gasteiger partial charge in [-0.25, -0.2) is 9.97 Å². The van der Waals surface area contributed by atoms with Crippen molar-refractivity contribution in [1.82, 2.24) is 19.7 Å². The van der Waals surface area contributed by atoms with Crippen LogP contribution in [0.2, 0.25) is 0 Å². The minimum absolute atomic E-state index is 0.0147. The van der Waals surface area contributed by atoms with Crippen molar-refractivity contribution in [1.29, 1.82) is 0 Å². The van der Waals surface area contributed by atoms with Crippen molar-refractivity contribution >= 4 is 34.2 Å². The van der Waals surface area contributed by atoms with Crippen molar-refractivity contribution in [2.24, 2.45) is 5.73 Å². The van der Waals surface area contributed by atoms with E-state index in [1.807, 2.05) is 6.92 Å². The van der Waals surface area contributed by atoms with Crippen LogP contribution in [0.5, 0.6) is 0 Å². The van der Waals surface area contributed by atoms with E-state index < -0.39 is 11.8 Å². The van der Waals surface area contributed by atoms with Crippen molar-refractivity contribution in [3.8, 4) is 0 Å². The Kier molecular flexibility index (Phi) is 5.80. The lowest BCUT2D eigenvalue weighted by Gasteiger charge is -2.20. The van der Waals surface area contributed by atoms with Crippen molar-refractivity contribution in [2.45, 2.75) is 19.9 Å². The summed E-state index contributed by atoms with van der Waals surface area (Å²) in [6.45, 7) is 2.39. The van der Waals surface area contributed by atoms with E-state index in [2.05, 4.69) is 20.4 Å². The topological polar surface area (TPSA) is 139 Å². The average Bonchev–Trinajstić information content (AvgIpc) is 3.06. The molecular weight excluding hydrogens is 362 g/mol. The highest BCUT2D eigenvalue weighted by molar-refractivity contribution is 6.04. The van der Waals surface area contributed by atoms with Crippen LogP contribution in [0.15, 0.2) is 36.8 Å². The number of rotatable bonds is 8. The zero-order valence-corrected chi connectivity index (χ0v) is 15.4. The molecule has 3 rings (SSSR count). The standard InChI is InChI=1S/C18H21N7O3/c1-2-5-24(11-26)17-7-15(20-10-21-17)18(28)22-13-3-4-14-12(6-13)8-25(23-14)9-16(19)27/h3-4,6-8,10,26H,2,5,9,11H2,1H3,(H2,19,27)(H,22,28). The first kappa shape index (κ1) is 19.2. The summed E-state index contributed by atoms with van der Waals surface area (Å²) in [5, 5.41) is 17.2. The van der Waals surface area contributed by atoms with Crippen LogP contribution >= 0.6 is 0 Å². The smallest absolute Gasteiger partial charge is 0.274 e. The molecule has 2 heterocycles. The Bertz CT molecular complexity index is 1000. The van der Waals surface area contributed by atoms with Crippen LogP contribution in [0.4, 0.5) is 11.5 Å². The number of nitrogens with two attached hydrogens (primary N) is 1. The summed E-state index contributed by atoms with van der Waals surface area (Å²) in [5.74, 6) is -0.407. The fourth-order valence-corrected chi connectivity index (χ4v) is 2.76. The zero-order valence-electron chi connectivity index (χ0n) is 15.4. The van der Waals surface area contributed by atoms with Crippen LogP contribution in [-0.4, -0.2) is 49.9 Å². The maximum atomic E-state index is 12.6. The fourth-order valence-electron chi connectivity index (χ4n) is 2.76. The lowest BCUT2D eigenvalue weighted by Crippen LogP contribution is -2.26. The molecule has 0 unspecified atom stereocenters. The molecule has 0 atom stereocenters. The van der Waals surface area contributed by atoms with E-state index in [4.69, 9.17) is 5.73 Å². The second kappa shape index (κ2) is 8.44. The second-order valence-electron chi connectivity index (χ2n) is 6.19. The first-order valence-corrected chi connectivity index (χ1v) is 8.75. The summed E-state index contributed by atoms with van der Waals surface area (Å²) in [5.41, 5.74) is 6.61. The van der Waals surface area contributed by atoms with Crippen molar-refractivity contribution < 1.29 is 14.7 Å². The molecule has 146 valence electrons. The van der Waals surface area contributed by atoms with Crippen molar-refractivity contribution in [3.05, 3.63) is 42.5 Å². The number of carbonyl (C=O) groups is 2. The molecule has 2 aromatic heterocycles. The van der Waals surface area contributed by atoms with Gasteiger partial charge in [-0.05, 0) is 24.6 Å². The lowest BCUT2D eigenvalue weighted by atomic mass is 10.2. The number of amides is 2. The molecule has 4 N–H and O–H groups in total. The van der Waals surface area contributed by atoms with Crippen LogP contribution < -0.4 is 16.0 Å². The molecule has 0 aliphatic carbocycles. The third-order valence-electron chi connectivity index (χ3n) is 4.00. The number of carbonyl (C=O) groups excluding carboxylic acids is 2. The molecule has 10 nitrogen and oxygen atoms in total. The molecule has 1 aromatic carbocycles.